The molecule has 0 spiro atoms. The standard InChI is InChI=1S/C29H23N7O5S/c1-40-23-16-21(17-24(18-23)41-2)30-27-28(32-26-14-7-6-13-25(26)31-27)36(42(38)39)22-12-8-11-20(15-22)33-35-34-29(37)19-9-4-3-5-10-19/h3-18H,1-2H3,(H-,30,31,38,39). The first kappa shape index (κ1) is 28.1. The fraction of sp³-hybridized carbons (Fsp3) is 0.0690. The van der Waals surface area contributed by atoms with E-state index in [1.54, 1.807) is 91.0 Å². The number of carbonyl (C=O) groups is 1. The molecule has 1 amide bonds. The third-order valence-corrected chi connectivity index (χ3v) is 6.57. The number of hydrogen-bond acceptors (Lipinski definition) is 9. The Balaban J connectivity index is 1.55. The SMILES string of the molecule is COc1cc(Nc2nc3ccccc3nc2N(c2cccc(N=[N+]=NC(=O)c3ccccc3)c2)S(=O)[O-])cc(OC)c1. The largest absolute Gasteiger partial charge is 0.755 e. The second-order valence-corrected chi connectivity index (χ2v) is 9.40. The molecule has 0 aliphatic carbocycles. The minimum absolute atomic E-state index is 0.00171. The zero-order chi connectivity index (χ0) is 29.5. The van der Waals surface area contributed by atoms with E-state index in [0.717, 1.165) is 4.31 Å². The fourth-order valence-electron chi connectivity index (χ4n) is 3.95. The van der Waals surface area contributed by atoms with Gasteiger partial charge in [0, 0.05) is 29.4 Å². The maximum absolute atomic E-state index is 12.7. The van der Waals surface area contributed by atoms with Gasteiger partial charge < -0.3 is 19.3 Å². The van der Waals surface area contributed by atoms with Gasteiger partial charge in [0.25, 0.3) is 0 Å². The molecular weight excluding hydrogens is 558 g/mol. The summed E-state index contributed by atoms with van der Waals surface area (Å²) < 4.78 is 37.1. The van der Waals surface area contributed by atoms with E-state index in [0.29, 0.717) is 33.8 Å². The molecule has 1 N–H and O–H groups in total. The molecule has 1 aromatic heterocycles. The Bertz CT molecular complexity index is 1820. The normalized spacial score (nSPS) is 11.2. The van der Waals surface area contributed by atoms with Crippen molar-refractivity contribution in [2.45, 2.75) is 0 Å². The molecular formula is C29H23N7O5S. The Morgan fingerprint density at radius 3 is 2.21 bits per heavy atom. The lowest BCUT2D eigenvalue weighted by Gasteiger charge is -2.27. The van der Waals surface area contributed by atoms with Crippen LogP contribution >= 0.6 is 0 Å². The van der Waals surface area contributed by atoms with E-state index >= 15 is 0 Å². The van der Waals surface area contributed by atoms with E-state index < -0.39 is 17.2 Å². The highest BCUT2D eigenvalue weighted by molar-refractivity contribution is 7.81. The summed E-state index contributed by atoms with van der Waals surface area (Å²) in [5, 5.41) is 10.7. The highest BCUT2D eigenvalue weighted by atomic mass is 32.2. The number of benzene rings is 4. The zero-order valence-corrected chi connectivity index (χ0v) is 23.2. The summed E-state index contributed by atoms with van der Waals surface area (Å²) in [6, 6.07) is 26.9. The molecule has 0 saturated heterocycles. The Morgan fingerprint density at radius 2 is 1.55 bits per heavy atom. The van der Waals surface area contributed by atoms with Crippen LogP contribution in [0.4, 0.5) is 28.7 Å². The van der Waals surface area contributed by atoms with Crippen molar-refractivity contribution < 1.29 is 23.0 Å². The molecule has 210 valence electrons. The number of para-hydroxylation sites is 2. The number of anilines is 4. The summed E-state index contributed by atoms with van der Waals surface area (Å²) in [6.45, 7) is 0. The van der Waals surface area contributed by atoms with Gasteiger partial charge in [-0.2, -0.15) is 0 Å². The summed E-state index contributed by atoms with van der Waals surface area (Å²) in [5.41, 5.74) is 2.37. The van der Waals surface area contributed by atoms with Crippen molar-refractivity contribution in [3.05, 3.63) is 103 Å². The predicted molar refractivity (Wildman–Crippen MR) is 157 cm³/mol. The number of ether oxygens (including phenoxy) is 2. The number of carbonyl (C=O) groups excluding carboxylic acids is 1. The lowest BCUT2D eigenvalue weighted by atomic mass is 10.2. The highest BCUT2D eigenvalue weighted by Crippen LogP contribution is 2.36. The van der Waals surface area contributed by atoms with E-state index in [1.807, 2.05) is 0 Å². The van der Waals surface area contributed by atoms with Crippen molar-refractivity contribution in [3.8, 4) is 11.5 Å². The lowest BCUT2D eigenvalue weighted by Crippen LogP contribution is -2.22. The van der Waals surface area contributed by atoms with Crippen molar-refractivity contribution in [2.24, 2.45) is 10.2 Å². The van der Waals surface area contributed by atoms with Gasteiger partial charge in [-0.15, -0.1) is 0 Å². The first-order valence-corrected chi connectivity index (χ1v) is 13.5. The molecule has 0 aliphatic heterocycles. The van der Waals surface area contributed by atoms with Gasteiger partial charge in [0.1, 0.15) is 11.5 Å². The highest BCUT2D eigenvalue weighted by Gasteiger charge is 2.21. The molecule has 1 atom stereocenters. The van der Waals surface area contributed by atoms with Crippen molar-refractivity contribution in [2.75, 3.05) is 23.8 Å². The van der Waals surface area contributed by atoms with Crippen LogP contribution in [0, 0.1) is 0 Å². The van der Waals surface area contributed by atoms with Crippen LogP contribution in [0.2, 0.25) is 0 Å². The second kappa shape index (κ2) is 12.8. The van der Waals surface area contributed by atoms with Gasteiger partial charge in [0.2, 0.25) is 10.0 Å². The molecule has 12 nitrogen and oxygen atoms in total. The van der Waals surface area contributed by atoms with Crippen LogP contribution in [0.3, 0.4) is 0 Å². The smallest absolute Gasteiger partial charge is 0.360 e. The maximum Gasteiger partial charge on any atom is 0.360 e. The Hall–Kier alpha value is -5.49. The monoisotopic (exact) mass is 581 g/mol. The number of fused-ring (bicyclic) bond motifs is 1. The van der Waals surface area contributed by atoms with Gasteiger partial charge in [0.05, 0.1) is 42.2 Å². The van der Waals surface area contributed by atoms with Crippen LogP contribution in [-0.2, 0) is 11.3 Å². The van der Waals surface area contributed by atoms with E-state index in [2.05, 4.69) is 30.4 Å². The van der Waals surface area contributed by atoms with Crippen LogP contribution in [0.25, 0.3) is 11.0 Å². The summed E-state index contributed by atoms with van der Waals surface area (Å²) >= 11 is -2.83. The lowest BCUT2D eigenvalue weighted by molar-refractivity contribution is 0.0992. The summed E-state index contributed by atoms with van der Waals surface area (Å²) in [5.74, 6) is 0.635. The molecule has 5 rings (SSSR count). The van der Waals surface area contributed by atoms with Gasteiger partial charge >= 0.3 is 5.91 Å². The molecule has 4 aromatic carbocycles. The van der Waals surface area contributed by atoms with Crippen LogP contribution in [0.15, 0.2) is 107 Å². The van der Waals surface area contributed by atoms with Crippen molar-refractivity contribution in [3.63, 3.8) is 0 Å². The molecule has 1 heterocycles. The summed E-state index contributed by atoms with van der Waals surface area (Å²) in [7, 11) is 3.05. The minimum atomic E-state index is -2.83. The summed E-state index contributed by atoms with van der Waals surface area (Å²) in [6.07, 6.45) is 0. The Morgan fingerprint density at radius 1 is 0.881 bits per heavy atom. The van der Waals surface area contributed by atoms with Crippen molar-refractivity contribution >= 4 is 56.9 Å². The molecule has 42 heavy (non-hydrogen) atoms. The number of amides is 1. The number of rotatable bonds is 9. The predicted octanol–water partition coefficient (Wildman–Crippen LogP) is 5.77. The van der Waals surface area contributed by atoms with E-state index in [4.69, 9.17) is 9.47 Å². The fourth-order valence-corrected chi connectivity index (χ4v) is 4.50. The van der Waals surface area contributed by atoms with E-state index in [1.165, 1.54) is 20.3 Å². The van der Waals surface area contributed by atoms with Crippen LogP contribution in [0.1, 0.15) is 10.4 Å². The number of methoxy groups -OCH3 is 2. The van der Waals surface area contributed by atoms with Gasteiger partial charge in [-0.3, -0.25) is 13.3 Å². The average Bonchev–Trinajstić information content (AvgIpc) is 3.01. The summed E-state index contributed by atoms with van der Waals surface area (Å²) in [4.78, 5) is 25.2. The van der Waals surface area contributed by atoms with Gasteiger partial charge in [-0.1, -0.05) is 36.4 Å². The van der Waals surface area contributed by atoms with Crippen molar-refractivity contribution in [1.29, 1.82) is 0 Å². The topological polar surface area (TPSA) is 156 Å². The molecule has 0 bridgehead atoms. The Kier molecular flexibility index (Phi) is 8.54. The molecule has 0 fully saturated rings. The average molecular weight is 582 g/mol. The van der Waals surface area contributed by atoms with Gasteiger partial charge in [-0.25, -0.2) is 9.97 Å². The third-order valence-electron chi connectivity index (χ3n) is 5.89. The first-order valence-electron chi connectivity index (χ1n) is 12.4. The molecule has 0 saturated carbocycles. The maximum atomic E-state index is 12.7. The van der Waals surface area contributed by atoms with Gasteiger partial charge in [-0.05, 0) is 42.5 Å². The number of aromatic nitrogens is 2. The van der Waals surface area contributed by atoms with Crippen LogP contribution in [0.5, 0.6) is 11.5 Å². The van der Waals surface area contributed by atoms with Crippen molar-refractivity contribution in [1.82, 2.24) is 14.9 Å². The second-order valence-electron chi connectivity index (χ2n) is 8.60. The quantitative estimate of drug-likeness (QED) is 0.131. The zero-order valence-electron chi connectivity index (χ0n) is 22.4. The number of nitrogens with zero attached hydrogens (tertiary/aromatic N) is 6. The molecule has 0 radical (unpaired) electrons. The van der Waals surface area contributed by atoms with E-state index in [9.17, 15) is 13.6 Å². The molecule has 0 aliphatic rings. The number of nitrogens with one attached hydrogen (secondary N) is 1. The van der Waals surface area contributed by atoms with Crippen LogP contribution in [-0.4, -0.2) is 38.9 Å². The first-order chi connectivity index (χ1) is 20.4. The molecule has 5 aromatic rings. The third kappa shape index (κ3) is 6.45. The Labute approximate surface area is 242 Å². The van der Waals surface area contributed by atoms with Crippen LogP contribution < -0.4 is 24.0 Å². The minimum Gasteiger partial charge on any atom is -0.755 e. The number of hydrogen-bond donors (Lipinski definition) is 1. The van der Waals surface area contributed by atoms with E-state index in [-0.39, 0.29) is 23.0 Å². The molecule has 1 unspecified atom stereocenters. The van der Waals surface area contributed by atoms with Gasteiger partial charge in [0.15, 0.2) is 22.4 Å². The molecule has 13 heteroatoms.